The van der Waals surface area contributed by atoms with E-state index in [1.54, 1.807) is 31.3 Å². The van der Waals surface area contributed by atoms with Crippen LogP contribution in [0.25, 0.3) is 0 Å². The number of imide groups is 1. The van der Waals surface area contributed by atoms with Crippen LogP contribution in [0.1, 0.15) is 26.4 Å². The number of anilines is 1. The van der Waals surface area contributed by atoms with Gasteiger partial charge in [0.2, 0.25) is 0 Å². The van der Waals surface area contributed by atoms with Gasteiger partial charge in [-0.05, 0) is 12.1 Å². The maximum atomic E-state index is 12.2. The molecule has 0 fully saturated rings. The highest BCUT2D eigenvalue weighted by Crippen LogP contribution is 2.26. The van der Waals surface area contributed by atoms with Crippen molar-refractivity contribution in [1.82, 2.24) is 14.5 Å². The third kappa shape index (κ3) is 1.78. The fourth-order valence-corrected chi connectivity index (χ4v) is 2.56. The zero-order valence-electron chi connectivity index (χ0n) is 10.1. The van der Waals surface area contributed by atoms with Crippen LogP contribution in [0, 0.1) is 0 Å². The third-order valence-corrected chi connectivity index (χ3v) is 3.75. The normalized spacial score (nSPS) is 13.8. The molecule has 96 valence electrons. The number of nitrogens with zero attached hydrogens (tertiary/aromatic N) is 3. The second-order valence-corrected chi connectivity index (χ2v) is 4.79. The number of aromatic nitrogens is 2. The Morgan fingerprint density at radius 3 is 2.42 bits per heavy atom. The molecule has 0 aliphatic carbocycles. The molecule has 7 heteroatoms. The second-order valence-electron chi connectivity index (χ2n) is 4.04. The highest BCUT2D eigenvalue weighted by molar-refractivity contribution is 7.10. The monoisotopic (exact) mass is 274 g/mol. The van der Waals surface area contributed by atoms with Crippen molar-refractivity contribution in [1.29, 1.82) is 0 Å². The van der Waals surface area contributed by atoms with Gasteiger partial charge in [0.1, 0.15) is 10.7 Å². The Morgan fingerprint density at radius 1 is 1.21 bits per heavy atom. The summed E-state index contributed by atoms with van der Waals surface area (Å²) in [5.74, 6) is -0.564. The van der Waals surface area contributed by atoms with E-state index in [0.29, 0.717) is 16.8 Å². The molecule has 0 saturated heterocycles. The predicted octanol–water partition coefficient (Wildman–Crippen LogP) is 1.38. The van der Waals surface area contributed by atoms with E-state index in [2.05, 4.69) is 14.9 Å². The van der Waals surface area contributed by atoms with Crippen LogP contribution < -0.4 is 5.32 Å². The topological polar surface area (TPSA) is 75.2 Å². The molecule has 0 saturated carbocycles. The molecule has 1 aliphatic rings. The summed E-state index contributed by atoms with van der Waals surface area (Å²) in [6.45, 7) is 0.138. The molecule has 2 amide bonds. The lowest BCUT2D eigenvalue weighted by Gasteiger charge is -2.12. The second kappa shape index (κ2) is 4.43. The van der Waals surface area contributed by atoms with Crippen molar-refractivity contribution in [2.45, 2.75) is 6.54 Å². The Bertz CT molecular complexity index is 632. The van der Waals surface area contributed by atoms with Gasteiger partial charge in [0.25, 0.3) is 11.8 Å². The van der Waals surface area contributed by atoms with Crippen molar-refractivity contribution in [2.24, 2.45) is 0 Å². The van der Waals surface area contributed by atoms with Gasteiger partial charge in [-0.15, -0.1) is 5.10 Å². The smallest absolute Gasteiger partial charge is 0.261 e. The number of carbonyl (C=O) groups excluding carboxylic acids is 2. The first kappa shape index (κ1) is 11.8. The van der Waals surface area contributed by atoms with E-state index in [1.165, 1.54) is 16.4 Å². The molecule has 0 radical (unpaired) electrons. The van der Waals surface area contributed by atoms with Gasteiger partial charge in [-0.3, -0.25) is 14.5 Å². The van der Waals surface area contributed by atoms with Crippen molar-refractivity contribution < 1.29 is 9.59 Å². The number of fused-ring (bicyclic) bond motifs is 1. The number of carbonyl (C=O) groups is 2. The lowest BCUT2D eigenvalue weighted by atomic mass is 10.1. The number of rotatable bonds is 3. The fourth-order valence-electron chi connectivity index (χ4n) is 2.03. The van der Waals surface area contributed by atoms with Crippen LogP contribution in [0.2, 0.25) is 0 Å². The van der Waals surface area contributed by atoms with Gasteiger partial charge in [0.05, 0.1) is 17.7 Å². The SMILES string of the molecule is CNc1snnc1CN1C(=O)c2ccccc2C1=O. The van der Waals surface area contributed by atoms with E-state index in [4.69, 9.17) is 0 Å². The lowest BCUT2D eigenvalue weighted by Crippen LogP contribution is -2.29. The number of hydrogen-bond acceptors (Lipinski definition) is 6. The third-order valence-electron chi connectivity index (χ3n) is 2.97. The zero-order valence-corrected chi connectivity index (χ0v) is 10.9. The van der Waals surface area contributed by atoms with Crippen molar-refractivity contribution in [2.75, 3.05) is 12.4 Å². The summed E-state index contributed by atoms with van der Waals surface area (Å²) >= 11 is 1.20. The lowest BCUT2D eigenvalue weighted by molar-refractivity contribution is 0.0641. The summed E-state index contributed by atoms with van der Waals surface area (Å²) in [5, 5.41) is 7.65. The summed E-state index contributed by atoms with van der Waals surface area (Å²) in [6.07, 6.45) is 0. The first-order valence-corrected chi connectivity index (χ1v) is 6.44. The van der Waals surface area contributed by atoms with E-state index in [1.807, 2.05) is 0 Å². The molecule has 0 unspecified atom stereocenters. The van der Waals surface area contributed by atoms with Crippen LogP contribution in [0.15, 0.2) is 24.3 Å². The van der Waals surface area contributed by atoms with Crippen LogP contribution >= 0.6 is 11.5 Å². The Labute approximate surface area is 113 Å². The van der Waals surface area contributed by atoms with Gasteiger partial charge in [-0.1, -0.05) is 16.6 Å². The Hall–Kier alpha value is -2.28. The van der Waals surface area contributed by atoms with E-state index >= 15 is 0 Å². The average molecular weight is 274 g/mol. The minimum atomic E-state index is -0.282. The molecule has 6 nitrogen and oxygen atoms in total. The van der Waals surface area contributed by atoms with E-state index in [-0.39, 0.29) is 18.4 Å². The molecule has 0 bridgehead atoms. The molecule has 1 aromatic carbocycles. The number of amides is 2. The molecule has 1 aromatic heterocycles. The van der Waals surface area contributed by atoms with Crippen LogP contribution in [0.5, 0.6) is 0 Å². The van der Waals surface area contributed by atoms with Crippen molar-refractivity contribution in [3.63, 3.8) is 0 Å². The van der Waals surface area contributed by atoms with E-state index in [9.17, 15) is 9.59 Å². The highest BCUT2D eigenvalue weighted by Gasteiger charge is 2.35. The summed E-state index contributed by atoms with van der Waals surface area (Å²) < 4.78 is 3.81. The summed E-state index contributed by atoms with van der Waals surface area (Å²) in [4.78, 5) is 25.5. The van der Waals surface area contributed by atoms with Gasteiger partial charge in [-0.2, -0.15) is 0 Å². The van der Waals surface area contributed by atoms with E-state index < -0.39 is 0 Å². The molecule has 2 heterocycles. The van der Waals surface area contributed by atoms with E-state index in [0.717, 1.165) is 5.00 Å². The average Bonchev–Trinajstić information content (AvgIpc) is 2.98. The zero-order chi connectivity index (χ0) is 13.4. The van der Waals surface area contributed by atoms with Crippen molar-refractivity contribution in [3.8, 4) is 0 Å². The Morgan fingerprint density at radius 2 is 1.84 bits per heavy atom. The number of benzene rings is 1. The largest absolute Gasteiger partial charge is 0.377 e. The number of nitrogens with one attached hydrogen (secondary N) is 1. The van der Waals surface area contributed by atoms with Crippen LogP contribution in [-0.2, 0) is 6.54 Å². The molecule has 19 heavy (non-hydrogen) atoms. The summed E-state index contributed by atoms with van der Waals surface area (Å²) in [7, 11) is 1.75. The molecule has 1 aliphatic heterocycles. The number of hydrogen-bond donors (Lipinski definition) is 1. The van der Waals surface area contributed by atoms with Crippen molar-refractivity contribution >= 4 is 28.3 Å². The van der Waals surface area contributed by atoms with Gasteiger partial charge < -0.3 is 5.32 Å². The van der Waals surface area contributed by atoms with Gasteiger partial charge >= 0.3 is 0 Å². The molecule has 3 rings (SSSR count). The van der Waals surface area contributed by atoms with Gasteiger partial charge in [0, 0.05) is 18.6 Å². The first-order chi connectivity index (χ1) is 9.22. The fraction of sp³-hybridized carbons (Fsp3) is 0.167. The van der Waals surface area contributed by atoms with Gasteiger partial charge in [0.15, 0.2) is 0 Å². The Kier molecular flexibility index (Phi) is 2.75. The minimum absolute atomic E-state index is 0.138. The van der Waals surface area contributed by atoms with Crippen molar-refractivity contribution in [3.05, 3.63) is 41.1 Å². The molecule has 0 atom stereocenters. The molecule has 0 spiro atoms. The Balaban J connectivity index is 1.93. The summed E-state index contributed by atoms with van der Waals surface area (Å²) in [5.41, 5.74) is 1.49. The molecular formula is C12H10N4O2S. The van der Waals surface area contributed by atoms with Crippen LogP contribution in [-0.4, -0.2) is 33.3 Å². The van der Waals surface area contributed by atoms with Gasteiger partial charge in [-0.25, -0.2) is 0 Å². The first-order valence-electron chi connectivity index (χ1n) is 5.66. The molecule has 2 aromatic rings. The minimum Gasteiger partial charge on any atom is -0.377 e. The quantitative estimate of drug-likeness (QED) is 0.856. The molecular weight excluding hydrogens is 264 g/mol. The highest BCUT2D eigenvalue weighted by atomic mass is 32.1. The standard InChI is InChI=1S/C12H10N4O2S/c1-13-10-9(14-15-19-10)6-16-11(17)7-4-2-3-5-8(7)12(16)18/h2-5,13H,6H2,1H3. The maximum absolute atomic E-state index is 12.2. The van der Waals surface area contributed by atoms with Crippen LogP contribution in [0.3, 0.4) is 0 Å². The summed E-state index contributed by atoms with van der Waals surface area (Å²) in [6, 6.07) is 6.82. The van der Waals surface area contributed by atoms with Crippen LogP contribution in [0.4, 0.5) is 5.00 Å². The predicted molar refractivity (Wildman–Crippen MR) is 70.1 cm³/mol. The molecule has 1 N–H and O–H groups in total. The maximum Gasteiger partial charge on any atom is 0.261 e.